The maximum absolute atomic E-state index is 9.38. The zero-order valence-electron chi connectivity index (χ0n) is 8.22. The third kappa shape index (κ3) is 2.61. The van der Waals surface area contributed by atoms with Crippen molar-refractivity contribution in [3.63, 3.8) is 0 Å². The lowest BCUT2D eigenvalue weighted by Gasteiger charge is -2.07. The minimum atomic E-state index is 0.00611. The quantitative estimate of drug-likeness (QED) is 0.589. The summed E-state index contributed by atoms with van der Waals surface area (Å²) >= 11 is 23.6. The summed E-state index contributed by atoms with van der Waals surface area (Å²) in [6.07, 6.45) is 1.25. The first-order chi connectivity index (χ1) is 7.99. The molecule has 0 saturated carbocycles. The number of rotatable bonds is 1. The normalized spacial score (nSPS) is 10.6. The van der Waals surface area contributed by atoms with E-state index in [0.29, 0.717) is 21.2 Å². The molecule has 0 aliphatic carbocycles. The minimum absolute atomic E-state index is 0.00611. The van der Waals surface area contributed by atoms with Crippen molar-refractivity contribution in [2.24, 2.45) is 0 Å². The fraction of sp³-hybridized carbons (Fsp3) is 0. The second-order valence-corrected chi connectivity index (χ2v) is 4.84. The van der Waals surface area contributed by atoms with Gasteiger partial charge in [0.05, 0.1) is 21.3 Å². The Kier molecular flexibility index (Phi) is 3.69. The molecule has 1 heterocycles. The van der Waals surface area contributed by atoms with Gasteiger partial charge in [-0.2, -0.15) is 0 Å². The van der Waals surface area contributed by atoms with Crippen LogP contribution in [0.25, 0.3) is 11.1 Å². The van der Waals surface area contributed by atoms with E-state index in [0.717, 1.165) is 0 Å². The van der Waals surface area contributed by atoms with Crippen molar-refractivity contribution in [3.8, 4) is 16.9 Å². The Labute approximate surface area is 118 Å². The molecule has 88 valence electrons. The first-order valence-corrected chi connectivity index (χ1v) is 5.99. The summed E-state index contributed by atoms with van der Waals surface area (Å²) in [6, 6.07) is 4.70. The molecule has 2 nitrogen and oxygen atoms in total. The van der Waals surface area contributed by atoms with Gasteiger partial charge in [0, 0.05) is 5.56 Å². The Balaban J connectivity index is 2.64. The molecule has 2 aromatic rings. The standard InChI is InChI=1S/C11H5Cl4NO/c12-8-1-5(2-9(13)10(8)14)7-3-6(17)4-16-11(7)15/h1-4,17H. The van der Waals surface area contributed by atoms with Gasteiger partial charge < -0.3 is 5.11 Å². The number of hydrogen-bond acceptors (Lipinski definition) is 2. The highest BCUT2D eigenvalue weighted by Crippen LogP contribution is 2.37. The van der Waals surface area contributed by atoms with Crippen molar-refractivity contribution in [1.82, 2.24) is 4.98 Å². The summed E-state index contributed by atoms with van der Waals surface area (Å²) in [4.78, 5) is 3.83. The van der Waals surface area contributed by atoms with Gasteiger partial charge in [0.25, 0.3) is 0 Å². The maximum atomic E-state index is 9.38. The summed E-state index contributed by atoms with van der Waals surface area (Å²) in [5.41, 5.74) is 1.17. The SMILES string of the molecule is Oc1cnc(Cl)c(-c2cc(Cl)c(Cl)c(Cl)c2)c1. The van der Waals surface area contributed by atoms with Crippen molar-refractivity contribution in [1.29, 1.82) is 0 Å². The zero-order valence-corrected chi connectivity index (χ0v) is 11.2. The average Bonchev–Trinajstić information content (AvgIpc) is 2.28. The summed E-state index contributed by atoms with van der Waals surface area (Å²) in [7, 11) is 0. The van der Waals surface area contributed by atoms with Gasteiger partial charge in [-0.1, -0.05) is 46.4 Å². The Morgan fingerprint density at radius 2 is 1.53 bits per heavy atom. The second kappa shape index (κ2) is 4.91. The molecule has 2 rings (SSSR count). The molecule has 1 aromatic heterocycles. The van der Waals surface area contributed by atoms with Crippen molar-refractivity contribution >= 4 is 46.4 Å². The third-order valence-electron chi connectivity index (χ3n) is 2.12. The first-order valence-electron chi connectivity index (χ1n) is 4.48. The number of nitrogens with zero attached hydrogens (tertiary/aromatic N) is 1. The van der Waals surface area contributed by atoms with Gasteiger partial charge >= 0.3 is 0 Å². The molecule has 0 spiro atoms. The number of benzene rings is 1. The van der Waals surface area contributed by atoms with Gasteiger partial charge in [-0.05, 0) is 23.8 Å². The van der Waals surface area contributed by atoms with E-state index in [4.69, 9.17) is 46.4 Å². The van der Waals surface area contributed by atoms with Gasteiger partial charge in [0.2, 0.25) is 0 Å². The molecule has 0 bridgehead atoms. The molecule has 1 N–H and O–H groups in total. The molecule has 0 fully saturated rings. The van der Waals surface area contributed by atoms with Crippen molar-refractivity contribution in [2.75, 3.05) is 0 Å². The molecular weight excluding hydrogens is 304 g/mol. The van der Waals surface area contributed by atoms with Crippen LogP contribution >= 0.6 is 46.4 Å². The van der Waals surface area contributed by atoms with Crippen molar-refractivity contribution < 1.29 is 5.11 Å². The van der Waals surface area contributed by atoms with E-state index in [2.05, 4.69) is 4.98 Å². The summed E-state index contributed by atoms with van der Waals surface area (Å²) in [6.45, 7) is 0. The van der Waals surface area contributed by atoms with Crippen LogP contribution in [0.4, 0.5) is 0 Å². The molecule has 6 heteroatoms. The summed E-state index contributed by atoms with van der Waals surface area (Å²) in [5.74, 6) is 0.00611. The van der Waals surface area contributed by atoms with Crippen LogP contribution in [-0.4, -0.2) is 10.1 Å². The molecule has 1 aromatic carbocycles. The summed E-state index contributed by atoms with van der Waals surface area (Å²) in [5, 5.41) is 10.5. The summed E-state index contributed by atoms with van der Waals surface area (Å²) < 4.78 is 0. The van der Waals surface area contributed by atoms with Gasteiger partial charge in [0.1, 0.15) is 10.9 Å². The molecule has 0 radical (unpaired) electrons. The highest BCUT2D eigenvalue weighted by molar-refractivity contribution is 6.48. The lowest BCUT2D eigenvalue weighted by Crippen LogP contribution is -1.84. The molecule has 0 unspecified atom stereocenters. The third-order valence-corrected chi connectivity index (χ3v) is 3.62. The number of pyridine rings is 1. The number of aromatic nitrogens is 1. The molecule has 0 amide bonds. The van der Waals surface area contributed by atoms with Crippen molar-refractivity contribution in [2.45, 2.75) is 0 Å². The first kappa shape index (κ1) is 12.8. The van der Waals surface area contributed by atoms with Crippen LogP contribution in [0.2, 0.25) is 20.2 Å². The molecule has 17 heavy (non-hydrogen) atoms. The Morgan fingerprint density at radius 1 is 0.941 bits per heavy atom. The van der Waals surface area contributed by atoms with Crippen LogP contribution in [0, 0.1) is 0 Å². The smallest absolute Gasteiger partial charge is 0.137 e. The van der Waals surface area contributed by atoms with Crippen LogP contribution < -0.4 is 0 Å². The fourth-order valence-electron chi connectivity index (χ4n) is 1.35. The number of aromatic hydroxyl groups is 1. The second-order valence-electron chi connectivity index (χ2n) is 3.29. The Hall–Kier alpha value is -0.670. The average molecular weight is 309 g/mol. The molecule has 0 atom stereocenters. The van der Waals surface area contributed by atoms with Gasteiger partial charge in [0.15, 0.2) is 0 Å². The molecular formula is C11H5Cl4NO. The predicted molar refractivity (Wildman–Crippen MR) is 71.4 cm³/mol. The maximum Gasteiger partial charge on any atom is 0.137 e. The largest absolute Gasteiger partial charge is 0.506 e. The van der Waals surface area contributed by atoms with E-state index in [1.165, 1.54) is 12.3 Å². The van der Waals surface area contributed by atoms with Gasteiger partial charge in [-0.15, -0.1) is 0 Å². The lowest BCUT2D eigenvalue weighted by molar-refractivity contribution is 0.473. The van der Waals surface area contributed by atoms with Gasteiger partial charge in [-0.25, -0.2) is 4.98 Å². The number of halogens is 4. The minimum Gasteiger partial charge on any atom is -0.506 e. The van der Waals surface area contributed by atoms with E-state index in [1.807, 2.05) is 0 Å². The topological polar surface area (TPSA) is 33.1 Å². The molecule has 0 saturated heterocycles. The predicted octanol–water partition coefficient (Wildman–Crippen LogP) is 5.07. The molecule has 0 aliphatic heterocycles. The monoisotopic (exact) mass is 307 g/mol. The van der Waals surface area contributed by atoms with E-state index in [-0.39, 0.29) is 15.9 Å². The van der Waals surface area contributed by atoms with E-state index in [1.54, 1.807) is 12.1 Å². The lowest BCUT2D eigenvalue weighted by atomic mass is 10.1. The Bertz CT molecular complexity index is 563. The zero-order chi connectivity index (χ0) is 12.6. The Morgan fingerprint density at radius 3 is 2.12 bits per heavy atom. The molecule has 0 aliphatic rings. The fourth-order valence-corrected chi connectivity index (χ4v) is 2.16. The van der Waals surface area contributed by atoms with Crippen LogP contribution in [0.15, 0.2) is 24.4 Å². The number of hydrogen-bond donors (Lipinski definition) is 1. The van der Waals surface area contributed by atoms with E-state index in [9.17, 15) is 5.11 Å². The highest BCUT2D eigenvalue weighted by atomic mass is 35.5. The van der Waals surface area contributed by atoms with Crippen LogP contribution in [0.3, 0.4) is 0 Å². The van der Waals surface area contributed by atoms with E-state index >= 15 is 0 Å². The van der Waals surface area contributed by atoms with Crippen LogP contribution in [0.1, 0.15) is 0 Å². The van der Waals surface area contributed by atoms with Crippen LogP contribution in [0.5, 0.6) is 5.75 Å². The van der Waals surface area contributed by atoms with E-state index < -0.39 is 0 Å². The van der Waals surface area contributed by atoms with Crippen molar-refractivity contribution in [3.05, 3.63) is 44.6 Å². The highest BCUT2D eigenvalue weighted by Gasteiger charge is 2.11. The van der Waals surface area contributed by atoms with Gasteiger partial charge in [-0.3, -0.25) is 0 Å². The van der Waals surface area contributed by atoms with Crippen LogP contribution in [-0.2, 0) is 0 Å².